The van der Waals surface area contributed by atoms with Crippen molar-refractivity contribution in [1.29, 1.82) is 0 Å². The van der Waals surface area contributed by atoms with Crippen LogP contribution in [0.5, 0.6) is 0 Å². The number of halogens is 3. The summed E-state index contributed by atoms with van der Waals surface area (Å²) in [6.07, 6.45) is -2.74. The second kappa shape index (κ2) is 4.47. The fourth-order valence-electron chi connectivity index (χ4n) is 2.21. The molecule has 4 nitrogen and oxygen atoms in total. The Morgan fingerprint density at radius 3 is 2.67 bits per heavy atom. The molecule has 0 aliphatic rings. The Morgan fingerprint density at radius 2 is 1.95 bits per heavy atom. The zero-order chi connectivity index (χ0) is 15.2. The van der Waals surface area contributed by atoms with Crippen molar-refractivity contribution in [3.8, 4) is 11.1 Å². The molecule has 0 aliphatic heterocycles. The van der Waals surface area contributed by atoms with Gasteiger partial charge >= 0.3 is 6.18 Å². The van der Waals surface area contributed by atoms with Crippen LogP contribution in [0, 0.1) is 6.92 Å². The van der Waals surface area contributed by atoms with Gasteiger partial charge in [-0.3, -0.25) is 0 Å². The van der Waals surface area contributed by atoms with Crippen LogP contribution >= 0.6 is 0 Å². The average molecular weight is 292 g/mol. The second-order valence-electron chi connectivity index (χ2n) is 4.72. The van der Waals surface area contributed by atoms with E-state index in [1.165, 1.54) is 10.6 Å². The summed E-state index contributed by atoms with van der Waals surface area (Å²) in [6.45, 7) is 1.81. The van der Waals surface area contributed by atoms with Crippen LogP contribution in [0.2, 0.25) is 0 Å². The molecule has 2 N–H and O–H groups in total. The van der Waals surface area contributed by atoms with E-state index in [4.69, 9.17) is 5.73 Å². The molecule has 0 aliphatic carbocycles. The summed E-state index contributed by atoms with van der Waals surface area (Å²) in [6, 6.07) is 6.92. The van der Waals surface area contributed by atoms with E-state index < -0.39 is 11.7 Å². The molecule has 0 saturated heterocycles. The number of anilines is 1. The maximum atomic E-state index is 12.8. The summed E-state index contributed by atoms with van der Waals surface area (Å²) >= 11 is 0. The number of aromatic nitrogens is 3. The standard InChI is InChI=1S/C14H11F3N4/c1-8-5-12-19-13(18)20-21(12)7-11(8)9-3-2-4-10(6-9)14(15,16)17/h2-7H,1H3,(H2,18,20). The lowest BCUT2D eigenvalue weighted by Crippen LogP contribution is -2.04. The van der Waals surface area contributed by atoms with Gasteiger partial charge in [-0.1, -0.05) is 12.1 Å². The molecule has 0 unspecified atom stereocenters. The number of hydrogen-bond donors (Lipinski definition) is 1. The second-order valence-corrected chi connectivity index (χ2v) is 4.72. The fourth-order valence-corrected chi connectivity index (χ4v) is 2.21. The predicted octanol–water partition coefficient (Wildman–Crippen LogP) is 3.31. The van der Waals surface area contributed by atoms with Gasteiger partial charge in [-0.2, -0.15) is 18.2 Å². The van der Waals surface area contributed by atoms with E-state index >= 15 is 0 Å². The quantitative estimate of drug-likeness (QED) is 0.748. The van der Waals surface area contributed by atoms with Crippen LogP contribution < -0.4 is 5.73 Å². The number of rotatable bonds is 1. The molecule has 0 saturated carbocycles. The molecule has 0 atom stereocenters. The lowest BCUT2D eigenvalue weighted by atomic mass is 10.0. The molecule has 7 heteroatoms. The molecule has 0 bridgehead atoms. The molecule has 0 fully saturated rings. The number of nitrogen functional groups attached to an aromatic ring is 1. The molecule has 0 amide bonds. The third-order valence-corrected chi connectivity index (χ3v) is 3.20. The van der Waals surface area contributed by atoms with Crippen molar-refractivity contribution in [2.24, 2.45) is 0 Å². The van der Waals surface area contributed by atoms with E-state index in [1.54, 1.807) is 25.3 Å². The molecule has 1 aromatic carbocycles. The van der Waals surface area contributed by atoms with Crippen molar-refractivity contribution in [2.45, 2.75) is 13.1 Å². The van der Waals surface area contributed by atoms with Gasteiger partial charge in [0.2, 0.25) is 5.95 Å². The SMILES string of the molecule is Cc1cc2nc(N)nn2cc1-c1cccc(C(F)(F)F)c1. The molecule has 0 spiro atoms. The minimum absolute atomic E-state index is 0.121. The lowest BCUT2D eigenvalue weighted by molar-refractivity contribution is -0.137. The van der Waals surface area contributed by atoms with Crippen molar-refractivity contribution in [2.75, 3.05) is 5.73 Å². The first-order chi connectivity index (χ1) is 9.84. The summed E-state index contributed by atoms with van der Waals surface area (Å²) in [5.41, 5.74) is 7.31. The minimum Gasteiger partial charge on any atom is -0.366 e. The number of pyridine rings is 1. The Kier molecular flexibility index (Phi) is 2.86. The van der Waals surface area contributed by atoms with Gasteiger partial charge in [0.25, 0.3) is 0 Å². The van der Waals surface area contributed by atoms with Gasteiger partial charge in [0.1, 0.15) is 0 Å². The Bertz CT molecular complexity index is 821. The molecule has 108 valence electrons. The smallest absolute Gasteiger partial charge is 0.366 e. The van der Waals surface area contributed by atoms with Gasteiger partial charge in [-0.25, -0.2) is 4.52 Å². The van der Waals surface area contributed by atoms with E-state index in [1.807, 2.05) is 0 Å². The number of hydrogen-bond acceptors (Lipinski definition) is 3. The molecular weight excluding hydrogens is 281 g/mol. The third-order valence-electron chi connectivity index (χ3n) is 3.20. The van der Waals surface area contributed by atoms with E-state index in [9.17, 15) is 13.2 Å². The van der Waals surface area contributed by atoms with Crippen molar-refractivity contribution < 1.29 is 13.2 Å². The van der Waals surface area contributed by atoms with Crippen molar-refractivity contribution in [1.82, 2.24) is 14.6 Å². The highest BCUT2D eigenvalue weighted by atomic mass is 19.4. The van der Waals surface area contributed by atoms with Crippen LogP contribution in [-0.2, 0) is 6.18 Å². The van der Waals surface area contributed by atoms with Gasteiger partial charge in [0, 0.05) is 11.8 Å². The van der Waals surface area contributed by atoms with E-state index in [2.05, 4.69) is 10.1 Å². The van der Waals surface area contributed by atoms with Crippen molar-refractivity contribution in [3.05, 3.63) is 47.7 Å². The number of benzene rings is 1. The first-order valence-electron chi connectivity index (χ1n) is 6.15. The maximum Gasteiger partial charge on any atom is 0.416 e. The number of nitrogens with two attached hydrogens (primary N) is 1. The molecule has 3 rings (SSSR count). The molecule has 0 radical (unpaired) electrons. The number of alkyl halides is 3. The van der Waals surface area contributed by atoms with Gasteiger partial charge in [-0.05, 0) is 36.2 Å². The highest BCUT2D eigenvalue weighted by Gasteiger charge is 2.30. The normalized spacial score (nSPS) is 12.0. The summed E-state index contributed by atoms with van der Waals surface area (Å²) < 4.78 is 39.8. The maximum absolute atomic E-state index is 12.8. The van der Waals surface area contributed by atoms with Crippen molar-refractivity contribution >= 4 is 11.6 Å². The van der Waals surface area contributed by atoms with Gasteiger partial charge in [-0.15, -0.1) is 5.10 Å². The van der Waals surface area contributed by atoms with Crippen LogP contribution in [0.4, 0.5) is 19.1 Å². The summed E-state index contributed by atoms with van der Waals surface area (Å²) in [5, 5.41) is 3.97. The molecule has 2 aromatic heterocycles. The largest absolute Gasteiger partial charge is 0.416 e. The van der Waals surface area contributed by atoms with Gasteiger partial charge < -0.3 is 5.73 Å². The van der Waals surface area contributed by atoms with Crippen LogP contribution in [0.25, 0.3) is 16.8 Å². The summed E-state index contributed by atoms with van der Waals surface area (Å²) in [4.78, 5) is 4.02. The molecule has 3 aromatic rings. The number of fused-ring (bicyclic) bond motifs is 1. The zero-order valence-corrected chi connectivity index (χ0v) is 11.0. The van der Waals surface area contributed by atoms with Crippen LogP contribution in [0.3, 0.4) is 0 Å². The first-order valence-corrected chi connectivity index (χ1v) is 6.15. The Balaban J connectivity index is 2.18. The molecular formula is C14H11F3N4. The van der Waals surface area contributed by atoms with E-state index in [0.29, 0.717) is 16.8 Å². The average Bonchev–Trinajstić information content (AvgIpc) is 2.76. The Hall–Kier alpha value is -2.57. The van der Waals surface area contributed by atoms with E-state index in [0.717, 1.165) is 17.7 Å². The van der Waals surface area contributed by atoms with Gasteiger partial charge in [0.15, 0.2) is 5.65 Å². The highest BCUT2D eigenvalue weighted by Crippen LogP contribution is 2.33. The fraction of sp³-hybridized carbons (Fsp3) is 0.143. The Labute approximate surface area is 118 Å². The van der Waals surface area contributed by atoms with Crippen LogP contribution in [0.1, 0.15) is 11.1 Å². The van der Waals surface area contributed by atoms with Gasteiger partial charge in [0.05, 0.1) is 5.56 Å². The molecule has 21 heavy (non-hydrogen) atoms. The predicted molar refractivity (Wildman–Crippen MR) is 72.6 cm³/mol. The first kappa shape index (κ1) is 13.4. The highest BCUT2D eigenvalue weighted by molar-refractivity contribution is 5.69. The third kappa shape index (κ3) is 2.42. The minimum atomic E-state index is -4.37. The zero-order valence-electron chi connectivity index (χ0n) is 11.0. The monoisotopic (exact) mass is 292 g/mol. The summed E-state index contributed by atoms with van der Waals surface area (Å²) in [7, 11) is 0. The van der Waals surface area contributed by atoms with Crippen molar-refractivity contribution in [3.63, 3.8) is 0 Å². The molecule has 2 heterocycles. The summed E-state index contributed by atoms with van der Waals surface area (Å²) in [5.74, 6) is 0.121. The topological polar surface area (TPSA) is 56.2 Å². The van der Waals surface area contributed by atoms with Crippen LogP contribution in [0.15, 0.2) is 36.5 Å². The van der Waals surface area contributed by atoms with Crippen LogP contribution in [-0.4, -0.2) is 14.6 Å². The van der Waals surface area contributed by atoms with E-state index in [-0.39, 0.29) is 5.95 Å². The Morgan fingerprint density at radius 1 is 1.19 bits per heavy atom. The lowest BCUT2D eigenvalue weighted by Gasteiger charge is -2.10. The number of aryl methyl sites for hydroxylation is 1. The number of nitrogens with zero attached hydrogens (tertiary/aromatic N) is 3.